The molecule has 8 nitrogen and oxygen atoms in total. The standard InChI is InChI=1S/C18H21N7O/c1-18(2,3)25-17(26)10-8-22-16-14(10)24-12(9-23-16)13(19)15-11(20-4)6-5-7-21-15/h5-9,19-20H,1-4H3,(H,22,23)(H,25,26). The molecule has 3 rings (SSSR count). The van der Waals surface area contributed by atoms with Crippen LogP contribution in [0.1, 0.15) is 42.5 Å². The normalized spacial score (nSPS) is 11.4. The molecule has 0 bridgehead atoms. The van der Waals surface area contributed by atoms with Crippen molar-refractivity contribution in [3.05, 3.63) is 47.7 Å². The van der Waals surface area contributed by atoms with E-state index >= 15 is 0 Å². The molecule has 0 aliphatic heterocycles. The van der Waals surface area contributed by atoms with E-state index in [2.05, 4.69) is 30.6 Å². The topological polar surface area (TPSA) is 119 Å². The summed E-state index contributed by atoms with van der Waals surface area (Å²) in [5.41, 5.74) is 2.62. The number of hydrogen-bond acceptors (Lipinski definition) is 6. The highest BCUT2D eigenvalue weighted by atomic mass is 16.1. The Bertz CT molecular complexity index is 985. The van der Waals surface area contributed by atoms with Crippen LogP contribution in [0.5, 0.6) is 0 Å². The first-order chi connectivity index (χ1) is 12.3. The largest absolute Gasteiger partial charge is 0.386 e. The molecule has 3 aromatic heterocycles. The van der Waals surface area contributed by atoms with Gasteiger partial charge in [0.2, 0.25) is 0 Å². The van der Waals surface area contributed by atoms with E-state index in [1.807, 2.05) is 26.8 Å². The average molecular weight is 351 g/mol. The Morgan fingerprint density at radius 3 is 2.73 bits per heavy atom. The molecule has 0 atom stereocenters. The Labute approximate surface area is 151 Å². The second-order valence-electron chi connectivity index (χ2n) is 6.88. The van der Waals surface area contributed by atoms with E-state index < -0.39 is 0 Å². The number of anilines is 1. The summed E-state index contributed by atoms with van der Waals surface area (Å²) in [5.74, 6) is -0.240. The van der Waals surface area contributed by atoms with Crippen molar-refractivity contribution < 1.29 is 4.79 Å². The van der Waals surface area contributed by atoms with Crippen molar-refractivity contribution in [1.29, 1.82) is 5.41 Å². The number of pyridine rings is 1. The molecule has 0 saturated carbocycles. The lowest BCUT2D eigenvalue weighted by molar-refractivity contribution is 0.0921. The number of carbonyl (C=O) groups excluding carboxylic acids is 1. The number of hydrogen-bond donors (Lipinski definition) is 4. The molecule has 0 fully saturated rings. The van der Waals surface area contributed by atoms with Crippen molar-refractivity contribution in [3.8, 4) is 0 Å². The van der Waals surface area contributed by atoms with Gasteiger partial charge >= 0.3 is 0 Å². The second-order valence-corrected chi connectivity index (χ2v) is 6.88. The summed E-state index contributed by atoms with van der Waals surface area (Å²) in [6.45, 7) is 5.73. The van der Waals surface area contributed by atoms with Gasteiger partial charge in [-0.1, -0.05) is 0 Å². The van der Waals surface area contributed by atoms with Crippen LogP contribution in [0.3, 0.4) is 0 Å². The van der Waals surface area contributed by atoms with Crippen molar-refractivity contribution in [3.63, 3.8) is 0 Å². The molecule has 0 aromatic carbocycles. The molecule has 3 aromatic rings. The molecule has 4 N–H and O–H groups in total. The van der Waals surface area contributed by atoms with Crippen molar-refractivity contribution >= 4 is 28.5 Å². The van der Waals surface area contributed by atoms with Crippen LogP contribution in [-0.2, 0) is 0 Å². The van der Waals surface area contributed by atoms with Crippen molar-refractivity contribution in [2.45, 2.75) is 26.3 Å². The number of aromatic amines is 1. The number of carbonyl (C=O) groups is 1. The van der Waals surface area contributed by atoms with Crippen LogP contribution >= 0.6 is 0 Å². The van der Waals surface area contributed by atoms with E-state index in [4.69, 9.17) is 5.41 Å². The highest BCUT2D eigenvalue weighted by Crippen LogP contribution is 2.19. The fourth-order valence-corrected chi connectivity index (χ4v) is 2.52. The lowest BCUT2D eigenvalue weighted by Crippen LogP contribution is -2.40. The monoisotopic (exact) mass is 351 g/mol. The highest BCUT2D eigenvalue weighted by Gasteiger charge is 2.21. The summed E-state index contributed by atoms with van der Waals surface area (Å²) < 4.78 is 0. The van der Waals surface area contributed by atoms with E-state index in [0.29, 0.717) is 28.1 Å². The number of fused-ring (bicyclic) bond motifs is 1. The summed E-state index contributed by atoms with van der Waals surface area (Å²) in [5, 5.41) is 14.4. The summed E-state index contributed by atoms with van der Waals surface area (Å²) in [6.07, 6.45) is 4.70. The lowest BCUT2D eigenvalue weighted by atomic mass is 10.1. The molecule has 0 aliphatic carbocycles. The van der Waals surface area contributed by atoms with Crippen molar-refractivity contribution in [2.75, 3.05) is 12.4 Å². The van der Waals surface area contributed by atoms with Gasteiger partial charge in [-0.25, -0.2) is 9.97 Å². The predicted molar refractivity (Wildman–Crippen MR) is 101 cm³/mol. The molecule has 0 radical (unpaired) electrons. The quantitative estimate of drug-likeness (QED) is 0.538. The number of nitrogens with one attached hydrogen (secondary N) is 4. The fourth-order valence-electron chi connectivity index (χ4n) is 2.52. The summed E-state index contributed by atoms with van der Waals surface area (Å²) in [7, 11) is 1.77. The van der Waals surface area contributed by atoms with Gasteiger partial charge in [0.1, 0.15) is 22.6 Å². The van der Waals surface area contributed by atoms with E-state index in [1.54, 1.807) is 25.5 Å². The summed E-state index contributed by atoms with van der Waals surface area (Å²) in [6, 6.07) is 3.62. The molecule has 0 unspecified atom stereocenters. The van der Waals surface area contributed by atoms with Gasteiger partial charge in [-0.3, -0.25) is 15.2 Å². The number of nitrogens with zero attached hydrogens (tertiary/aromatic N) is 3. The first-order valence-corrected chi connectivity index (χ1v) is 8.19. The summed E-state index contributed by atoms with van der Waals surface area (Å²) >= 11 is 0. The third-order valence-electron chi connectivity index (χ3n) is 3.68. The maximum absolute atomic E-state index is 12.5. The molecule has 1 amide bonds. The van der Waals surface area contributed by atoms with Gasteiger partial charge in [-0.15, -0.1) is 0 Å². The second kappa shape index (κ2) is 6.55. The Morgan fingerprint density at radius 1 is 1.27 bits per heavy atom. The highest BCUT2D eigenvalue weighted by molar-refractivity contribution is 6.12. The van der Waals surface area contributed by atoms with Gasteiger partial charge < -0.3 is 15.6 Å². The van der Waals surface area contributed by atoms with E-state index in [0.717, 1.165) is 5.69 Å². The van der Waals surface area contributed by atoms with Gasteiger partial charge in [-0.05, 0) is 32.9 Å². The van der Waals surface area contributed by atoms with Gasteiger partial charge in [-0.2, -0.15) is 0 Å². The van der Waals surface area contributed by atoms with Gasteiger partial charge in [0.15, 0.2) is 5.65 Å². The van der Waals surface area contributed by atoms with Crippen molar-refractivity contribution in [2.24, 2.45) is 0 Å². The Morgan fingerprint density at radius 2 is 2.04 bits per heavy atom. The first-order valence-electron chi connectivity index (χ1n) is 8.19. The van der Waals surface area contributed by atoms with E-state index in [-0.39, 0.29) is 17.2 Å². The predicted octanol–water partition coefficient (Wildman–Crippen LogP) is 2.34. The molecule has 134 valence electrons. The minimum atomic E-state index is -0.367. The van der Waals surface area contributed by atoms with Crippen LogP contribution in [0.2, 0.25) is 0 Å². The molecule has 0 aliphatic rings. The first kappa shape index (κ1) is 17.5. The lowest BCUT2D eigenvalue weighted by Gasteiger charge is -2.20. The maximum atomic E-state index is 12.5. The smallest absolute Gasteiger partial charge is 0.255 e. The minimum Gasteiger partial charge on any atom is -0.386 e. The zero-order valence-electron chi connectivity index (χ0n) is 15.1. The van der Waals surface area contributed by atoms with Gasteiger partial charge in [0, 0.05) is 25.0 Å². The fraction of sp³-hybridized carbons (Fsp3) is 0.278. The Kier molecular flexibility index (Phi) is 4.41. The number of aromatic nitrogens is 4. The van der Waals surface area contributed by atoms with Crippen molar-refractivity contribution in [1.82, 2.24) is 25.3 Å². The molecule has 3 heterocycles. The third-order valence-corrected chi connectivity index (χ3v) is 3.68. The summed E-state index contributed by atoms with van der Waals surface area (Å²) in [4.78, 5) is 28.5. The molecule has 0 saturated heterocycles. The van der Waals surface area contributed by atoms with Crippen LogP contribution in [0.4, 0.5) is 5.69 Å². The SMILES string of the molecule is CNc1cccnc1C(=N)c1cnc2[nH]cc(C(=O)NC(C)(C)C)c2n1. The molecule has 0 spiro atoms. The van der Waals surface area contributed by atoms with Crippen LogP contribution in [0.15, 0.2) is 30.7 Å². The van der Waals surface area contributed by atoms with Crippen LogP contribution in [0, 0.1) is 5.41 Å². The molecule has 8 heteroatoms. The van der Waals surface area contributed by atoms with Crippen LogP contribution < -0.4 is 10.6 Å². The zero-order chi connectivity index (χ0) is 18.9. The average Bonchev–Trinajstić information content (AvgIpc) is 3.02. The molecular weight excluding hydrogens is 330 g/mol. The number of rotatable bonds is 4. The molecule has 26 heavy (non-hydrogen) atoms. The van der Waals surface area contributed by atoms with Gasteiger partial charge in [0.25, 0.3) is 5.91 Å². The van der Waals surface area contributed by atoms with Crippen LogP contribution in [0.25, 0.3) is 11.2 Å². The zero-order valence-corrected chi connectivity index (χ0v) is 15.1. The maximum Gasteiger partial charge on any atom is 0.255 e. The number of amides is 1. The minimum absolute atomic E-state index is 0.132. The number of H-pyrrole nitrogens is 1. The van der Waals surface area contributed by atoms with E-state index in [9.17, 15) is 4.79 Å². The van der Waals surface area contributed by atoms with Crippen LogP contribution in [-0.4, -0.2) is 44.1 Å². The third kappa shape index (κ3) is 3.39. The van der Waals surface area contributed by atoms with E-state index in [1.165, 1.54) is 6.20 Å². The Balaban J connectivity index is 2.02. The Hall–Kier alpha value is -3.29. The molecular formula is C18H21N7O. The van der Waals surface area contributed by atoms with Gasteiger partial charge in [0.05, 0.1) is 17.4 Å².